The average Bonchev–Trinajstić information content (AvgIpc) is 3.59. The summed E-state index contributed by atoms with van der Waals surface area (Å²) in [6, 6.07) is 39.6. The van der Waals surface area contributed by atoms with Gasteiger partial charge in [-0.15, -0.1) is 0 Å². The summed E-state index contributed by atoms with van der Waals surface area (Å²) in [5.41, 5.74) is 2.81. The predicted molar refractivity (Wildman–Crippen MR) is 224 cm³/mol. The number of alkyl halides is 3. The molecule has 0 atom stereocenters. The summed E-state index contributed by atoms with van der Waals surface area (Å²) in [4.78, 5) is 33.2. The fourth-order valence-electron chi connectivity index (χ4n) is 8.24. The summed E-state index contributed by atoms with van der Waals surface area (Å²) in [6.45, 7) is 3.16. The third-order valence-electron chi connectivity index (χ3n) is 11.1. The van der Waals surface area contributed by atoms with Gasteiger partial charge in [-0.2, -0.15) is 18.3 Å². The molecule has 13 heteroatoms. The first-order chi connectivity index (χ1) is 28.1. The van der Waals surface area contributed by atoms with Gasteiger partial charge in [0.05, 0.1) is 16.8 Å². The summed E-state index contributed by atoms with van der Waals surface area (Å²) in [5, 5.41) is 8.81. The van der Waals surface area contributed by atoms with Crippen LogP contribution in [0.25, 0.3) is 10.9 Å². The number of carbonyl (C=O) groups is 2. The Balaban J connectivity index is 1.30. The van der Waals surface area contributed by atoms with Crippen molar-refractivity contribution in [2.75, 3.05) is 61.6 Å². The standard InChI is InChI=1S/C45H42BrF3N6O3/c1-52-23-25-53(26-24-52)36-18-20-38(39(30-36)54(43(57)45(47,48)49)35-21-27-58-28-22-35)42(56)50-41-37-19-17-34(46)29-40(37)55(51-41)44(31-11-5-2-6-12-31,32-13-7-3-8-14-32)33-15-9-4-10-16-33/h2-20,29-30,35H,21-28H2,1H3,(H,50,51,56). The minimum absolute atomic E-state index is 0.0813. The number of benzene rings is 5. The molecule has 298 valence electrons. The first-order valence-electron chi connectivity index (χ1n) is 19.3. The van der Waals surface area contributed by atoms with Crippen LogP contribution in [0.4, 0.5) is 30.4 Å². The van der Waals surface area contributed by atoms with E-state index < -0.39 is 29.6 Å². The van der Waals surface area contributed by atoms with Gasteiger partial charge in [0.15, 0.2) is 5.82 Å². The van der Waals surface area contributed by atoms with Gasteiger partial charge in [0.2, 0.25) is 0 Å². The molecule has 2 aliphatic heterocycles. The van der Waals surface area contributed by atoms with Crippen molar-refractivity contribution < 1.29 is 27.5 Å². The molecule has 1 aromatic heterocycles. The van der Waals surface area contributed by atoms with Crippen LogP contribution in [0.15, 0.2) is 132 Å². The molecule has 58 heavy (non-hydrogen) atoms. The fourth-order valence-corrected chi connectivity index (χ4v) is 8.59. The highest BCUT2D eigenvalue weighted by Crippen LogP contribution is 2.44. The van der Waals surface area contributed by atoms with Gasteiger partial charge in [-0.1, -0.05) is 107 Å². The second-order valence-corrected chi connectivity index (χ2v) is 15.6. The lowest BCUT2D eigenvalue weighted by atomic mass is 9.77. The number of aromatic nitrogens is 2. The zero-order valence-electron chi connectivity index (χ0n) is 31.8. The van der Waals surface area contributed by atoms with Crippen molar-refractivity contribution in [1.82, 2.24) is 14.7 Å². The quantitative estimate of drug-likeness (QED) is 0.147. The van der Waals surface area contributed by atoms with Gasteiger partial charge in [-0.25, -0.2) is 4.68 Å². The molecule has 8 rings (SSSR count). The Kier molecular flexibility index (Phi) is 11.1. The van der Waals surface area contributed by atoms with Gasteiger partial charge in [0.25, 0.3) is 5.91 Å². The Morgan fingerprint density at radius 3 is 1.90 bits per heavy atom. The molecule has 0 aliphatic carbocycles. The van der Waals surface area contributed by atoms with Gasteiger partial charge in [0, 0.05) is 61.0 Å². The fraction of sp³-hybridized carbons (Fsp3) is 0.267. The number of anilines is 3. The molecule has 0 saturated carbocycles. The second kappa shape index (κ2) is 16.4. The normalized spacial score (nSPS) is 15.7. The molecular formula is C45H42BrF3N6O3. The molecule has 0 unspecified atom stereocenters. The van der Waals surface area contributed by atoms with Crippen LogP contribution in [0.1, 0.15) is 39.9 Å². The maximum atomic E-state index is 14.8. The lowest BCUT2D eigenvalue weighted by Gasteiger charge is -2.37. The van der Waals surface area contributed by atoms with Crippen LogP contribution in [0.3, 0.4) is 0 Å². The van der Waals surface area contributed by atoms with Crippen molar-refractivity contribution >= 4 is 55.8 Å². The number of halogens is 4. The van der Waals surface area contributed by atoms with E-state index >= 15 is 0 Å². The van der Waals surface area contributed by atoms with E-state index in [4.69, 9.17) is 9.84 Å². The third kappa shape index (κ3) is 7.49. The minimum Gasteiger partial charge on any atom is -0.381 e. The molecule has 3 heterocycles. The largest absolute Gasteiger partial charge is 0.471 e. The topological polar surface area (TPSA) is 82.9 Å². The molecule has 2 fully saturated rings. The number of nitrogens with zero attached hydrogens (tertiary/aromatic N) is 5. The summed E-state index contributed by atoms with van der Waals surface area (Å²) in [6.07, 6.45) is -4.81. The molecular weight excluding hydrogens is 809 g/mol. The Morgan fingerprint density at radius 2 is 1.34 bits per heavy atom. The zero-order chi connectivity index (χ0) is 40.4. The number of amides is 2. The Bertz CT molecular complexity index is 2300. The maximum absolute atomic E-state index is 14.8. The van der Waals surface area contributed by atoms with E-state index in [0.29, 0.717) is 29.7 Å². The van der Waals surface area contributed by atoms with Crippen LogP contribution in [-0.4, -0.2) is 85.2 Å². The smallest absolute Gasteiger partial charge is 0.381 e. The molecule has 2 amide bonds. The van der Waals surface area contributed by atoms with Crippen LogP contribution >= 0.6 is 15.9 Å². The number of likely N-dealkylation sites (N-methyl/N-ethyl adjacent to an activating group) is 1. The first kappa shape index (κ1) is 39.3. The zero-order valence-corrected chi connectivity index (χ0v) is 33.4. The van der Waals surface area contributed by atoms with Gasteiger partial charge in [-0.3, -0.25) is 9.59 Å². The first-order valence-corrected chi connectivity index (χ1v) is 20.1. The molecule has 1 N–H and O–H groups in total. The molecule has 6 aromatic rings. The van der Waals surface area contributed by atoms with Crippen molar-refractivity contribution in [3.8, 4) is 0 Å². The number of piperazine rings is 1. The van der Waals surface area contributed by atoms with Gasteiger partial charge >= 0.3 is 12.1 Å². The maximum Gasteiger partial charge on any atom is 0.471 e. The van der Waals surface area contributed by atoms with Crippen LogP contribution in [0.5, 0.6) is 0 Å². The van der Waals surface area contributed by atoms with Crippen LogP contribution in [0.2, 0.25) is 0 Å². The number of fused-ring (bicyclic) bond motifs is 1. The molecule has 5 aromatic carbocycles. The highest BCUT2D eigenvalue weighted by Gasteiger charge is 2.47. The number of hydrogen-bond acceptors (Lipinski definition) is 6. The number of rotatable bonds is 9. The molecule has 0 spiro atoms. The minimum atomic E-state index is -5.19. The van der Waals surface area contributed by atoms with E-state index in [9.17, 15) is 22.8 Å². The monoisotopic (exact) mass is 850 g/mol. The second-order valence-electron chi connectivity index (χ2n) is 14.7. The van der Waals surface area contributed by atoms with Crippen LogP contribution in [0, 0.1) is 0 Å². The van der Waals surface area contributed by atoms with Crippen molar-refractivity contribution in [3.05, 3.63) is 154 Å². The summed E-state index contributed by atoms with van der Waals surface area (Å²) < 4.78 is 51.7. The number of nitrogens with one attached hydrogen (secondary N) is 1. The Labute approximate surface area is 343 Å². The predicted octanol–water partition coefficient (Wildman–Crippen LogP) is 8.72. The molecule has 2 saturated heterocycles. The van der Waals surface area contributed by atoms with Gasteiger partial charge in [0.1, 0.15) is 5.54 Å². The van der Waals surface area contributed by atoms with Crippen molar-refractivity contribution in [2.45, 2.75) is 30.6 Å². The number of ether oxygens (including phenoxy) is 1. The molecule has 0 bridgehead atoms. The van der Waals surface area contributed by atoms with Crippen molar-refractivity contribution in [3.63, 3.8) is 0 Å². The van der Waals surface area contributed by atoms with Gasteiger partial charge in [-0.05, 0) is 73.0 Å². The van der Waals surface area contributed by atoms with Crippen molar-refractivity contribution in [1.29, 1.82) is 0 Å². The van der Waals surface area contributed by atoms with E-state index in [1.807, 2.05) is 121 Å². The highest BCUT2D eigenvalue weighted by molar-refractivity contribution is 9.10. The number of hydrogen-bond donors (Lipinski definition) is 1. The van der Waals surface area contributed by atoms with E-state index in [0.717, 1.165) is 39.2 Å². The SMILES string of the molecule is CN1CCN(c2ccc(C(=O)Nc3nn(C(c4ccccc4)(c4ccccc4)c4ccccc4)c4cc(Br)ccc34)c(N(C(=O)C(F)(F)F)C3CCOCC3)c2)CC1. The summed E-state index contributed by atoms with van der Waals surface area (Å²) in [5.74, 6) is -2.53. The van der Waals surface area contributed by atoms with Crippen molar-refractivity contribution in [2.24, 2.45) is 0 Å². The van der Waals surface area contributed by atoms with Crippen LogP contribution in [-0.2, 0) is 15.1 Å². The number of carbonyl (C=O) groups excluding carboxylic acids is 2. The highest BCUT2D eigenvalue weighted by atomic mass is 79.9. The molecule has 9 nitrogen and oxygen atoms in total. The molecule has 2 aliphatic rings. The Morgan fingerprint density at radius 1 is 0.776 bits per heavy atom. The van der Waals surface area contributed by atoms with E-state index in [2.05, 4.69) is 31.0 Å². The van der Waals surface area contributed by atoms with E-state index in [1.165, 1.54) is 6.07 Å². The third-order valence-corrected chi connectivity index (χ3v) is 11.6. The average molecular weight is 852 g/mol. The van der Waals surface area contributed by atoms with Crippen LogP contribution < -0.4 is 15.1 Å². The Hall–Kier alpha value is -5.50. The van der Waals surface area contributed by atoms with Gasteiger partial charge < -0.3 is 24.8 Å². The van der Waals surface area contributed by atoms with E-state index in [1.54, 1.807) is 12.1 Å². The summed E-state index contributed by atoms with van der Waals surface area (Å²) >= 11 is 3.66. The lowest BCUT2D eigenvalue weighted by Crippen LogP contribution is -2.50. The lowest BCUT2D eigenvalue weighted by molar-refractivity contribution is -0.171. The van der Waals surface area contributed by atoms with E-state index in [-0.39, 0.29) is 43.1 Å². The molecule has 0 radical (unpaired) electrons. The summed E-state index contributed by atoms with van der Waals surface area (Å²) in [7, 11) is 2.01.